The Morgan fingerprint density at radius 3 is 2.00 bits per heavy atom. The highest BCUT2D eigenvalue weighted by molar-refractivity contribution is 4.74. The third kappa shape index (κ3) is 3.46. The van der Waals surface area contributed by atoms with Gasteiger partial charge < -0.3 is 16.0 Å². The molecule has 1 saturated heterocycles. The van der Waals surface area contributed by atoms with E-state index in [0.717, 1.165) is 26.2 Å². The SMILES string of the molecule is [CH]1CNC[CH]NCCN1. The van der Waals surface area contributed by atoms with Crippen molar-refractivity contribution < 1.29 is 0 Å². The van der Waals surface area contributed by atoms with E-state index < -0.39 is 0 Å². The molecule has 0 atom stereocenters. The largest absolute Gasteiger partial charge is 0.314 e. The fourth-order valence-corrected chi connectivity index (χ4v) is 0.720. The van der Waals surface area contributed by atoms with Crippen LogP contribution in [-0.4, -0.2) is 26.2 Å². The highest BCUT2D eigenvalue weighted by Crippen LogP contribution is 1.73. The van der Waals surface area contributed by atoms with E-state index in [0.29, 0.717) is 0 Å². The van der Waals surface area contributed by atoms with Crippen LogP contribution in [0, 0.1) is 13.1 Å². The molecule has 52 valence electrons. The van der Waals surface area contributed by atoms with Gasteiger partial charge in [0.25, 0.3) is 0 Å². The van der Waals surface area contributed by atoms with E-state index >= 15 is 0 Å². The Kier molecular flexibility index (Phi) is 3.68. The molecule has 9 heavy (non-hydrogen) atoms. The molecule has 0 aromatic rings. The van der Waals surface area contributed by atoms with Crippen LogP contribution in [-0.2, 0) is 0 Å². The molecule has 1 rings (SSSR count). The molecule has 0 unspecified atom stereocenters. The maximum Gasteiger partial charge on any atom is 0.0359 e. The lowest BCUT2D eigenvalue weighted by Crippen LogP contribution is -2.23. The monoisotopic (exact) mass is 127 g/mol. The molecule has 1 aliphatic heterocycles. The van der Waals surface area contributed by atoms with E-state index in [-0.39, 0.29) is 0 Å². The minimum atomic E-state index is 0.943. The average Bonchev–Trinajstić information content (AvgIpc) is 2.00. The van der Waals surface area contributed by atoms with Crippen molar-refractivity contribution in [1.82, 2.24) is 16.0 Å². The van der Waals surface area contributed by atoms with E-state index in [1.54, 1.807) is 0 Å². The molecule has 3 N–H and O–H groups in total. The van der Waals surface area contributed by atoms with Gasteiger partial charge in [-0.3, -0.25) is 0 Å². The van der Waals surface area contributed by atoms with Gasteiger partial charge >= 0.3 is 0 Å². The summed E-state index contributed by atoms with van der Waals surface area (Å²) in [7, 11) is 0. The smallest absolute Gasteiger partial charge is 0.0359 e. The molecule has 0 aromatic heterocycles. The normalized spacial score (nSPS) is 24.0. The zero-order chi connectivity index (χ0) is 6.36. The third-order valence-electron chi connectivity index (χ3n) is 1.20. The maximum atomic E-state index is 3.19. The number of rotatable bonds is 0. The van der Waals surface area contributed by atoms with Crippen molar-refractivity contribution in [2.45, 2.75) is 0 Å². The summed E-state index contributed by atoms with van der Waals surface area (Å²) in [6.07, 6.45) is 0. The van der Waals surface area contributed by atoms with Crippen LogP contribution in [0.25, 0.3) is 0 Å². The van der Waals surface area contributed by atoms with Gasteiger partial charge in [-0.1, -0.05) is 0 Å². The zero-order valence-corrected chi connectivity index (χ0v) is 5.48. The Bertz CT molecular complexity index is 36.8. The van der Waals surface area contributed by atoms with Crippen molar-refractivity contribution in [1.29, 1.82) is 0 Å². The van der Waals surface area contributed by atoms with Crippen LogP contribution in [0.15, 0.2) is 0 Å². The Hall–Kier alpha value is -0.120. The lowest BCUT2D eigenvalue weighted by Gasteiger charge is -1.98. The molecule has 0 spiro atoms. The molecule has 3 nitrogen and oxygen atoms in total. The van der Waals surface area contributed by atoms with Crippen LogP contribution >= 0.6 is 0 Å². The van der Waals surface area contributed by atoms with Crippen LogP contribution in [0.5, 0.6) is 0 Å². The molecular weight excluding hydrogens is 114 g/mol. The zero-order valence-electron chi connectivity index (χ0n) is 5.48. The summed E-state index contributed by atoms with van der Waals surface area (Å²) in [5.74, 6) is 0. The first kappa shape index (κ1) is 6.99. The standard InChI is InChI=1S/C6H13N3/c1-2-8-5-6-9-4-3-7-1/h1,6-9H,2-5H2. The molecule has 0 aliphatic carbocycles. The van der Waals surface area contributed by atoms with Crippen molar-refractivity contribution in [2.24, 2.45) is 0 Å². The summed E-state index contributed by atoms with van der Waals surface area (Å²) in [5.41, 5.74) is 0. The van der Waals surface area contributed by atoms with Gasteiger partial charge in [0.1, 0.15) is 0 Å². The van der Waals surface area contributed by atoms with Gasteiger partial charge in [-0.15, -0.1) is 0 Å². The van der Waals surface area contributed by atoms with Gasteiger partial charge in [-0.05, 0) is 0 Å². The molecule has 2 radical (unpaired) electrons. The lowest BCUT2D eigenvalue weighted by molar-refractivity contribution is 0.718. The van der Waals surface area contributed by atoms with Crippen molar-refractivity contribution in [2.75, 3.05) is 26.2 Å². The molecule has 1 fully saturated rings. The second-order valence-electron chi connectivity index (χ2n) is 1.97. The summed E-state index contributed by atoms with van der Waals surface area (Å²) in [5, 5.41) is 9.51. The van der Waals surface area contributed by atoms with E-state index in [2.05, 4.69) is 16.0 Å². The molecule has 1 aliphatic rings. The van der Waals surface area contributed by atoms with Crippen molar-refractivity contribution >= 4 is 0 Å². The first-order valence-corrected chi connectivity index (χ1v) is 3.31. The van der Waals surface area contributed by atoms with Crippen LogP contribution in [0.3, 0.4) is 0 Å². The second kappa shape index (κ2) is 4.73. The van der Waals surface area contributed by atoms with E-state index in [1.165, 1.54) is 0 Å². The minimum Gasteiger partial charge on any atom is -0.314 e. The van der Waals surface area contributed by atoms with Crippen molar-refractivity contribution in [3.63, 3.8) is 0 Å². The molecule has 3 heteroatoms. The van der Waals surface area contributed by atoms with Gasteiger partial charge in [0.15, 0.2) is 0 Å². The molecule has 0 amide bonds. The molecule has 0 saturated carbocycles. The molecular formula is C6H13N3. The quantitative estimate of drug-likeness (QED) is 0.394. The van der Waals surface area contributed by atoms with E-state index in [4.69, 9.17) is 0 Å². The number of hydrogen-bond acceptors (Lipinski definition) is 3. The molecule has 0 aromatic carbocycles. The predicted octanol–water partition coefficient (Wildman–Crippen LogP) is -0.908. The van der Waals surface area contributed by atoms with Gasteiger partial charge in [0, 0.05) is 39.3 Å². The van der Waals surface area contributed by atoms with Crippen LogP contribution < -0.4 is 16.0 Å². The number of hydrogen-bond donors (Lipinski definition) is 3. The van der Waals surface area contributed by atoms with Crippen molar-refractivity contribution in [3.8, 4) is 0 Å². The highest BCUT2D eigenvalue weighted by atomic mass is 15.0. The second-order valence-corrected chi connectivity index (χ2v) is 1.97. The van der Waals surface area contributed by atoms with Crippen molar-refractivity contribution in [3.05, 3.63) is 13.1 Å². The fraction of sp³-hybridized carbons (Fsp3) is 0.667. The van der Waals surface area contributed by atoms with Crippen LogP contribution in [0.1, 0.15) is 0 Å². The summed E-state index contributed by atoms with van der Waals surface area (Å²) in [6.45, 7) is 7.99. The van der Waals surface area contributed by atoms with Gasteiger partial charge in [0.2, 0.25) is 0 Å². The Labute approximate surface area is 56.2 Å². The molecule has 0 bridgehead atoms. The first-order valence-electron chi connectivity index (χ1n) is 3.31. The number of nitrogens with one attached hydrogen (secondary N) is 3. The summed E-state index contributed by atoms with van der Waals surface area (Å²) in [4.78, 5) is 0. The third-order valence-corrected chi connectivity index (χ3v) is 1.20. The van der Waals surface area contributed by atoms with E-state index in [9.17, 15) is 0 Å². The van der Waals surface area contributed by atoms with Gasteiger partial charge in [-0.25, -0.2) is 0 Å². The van der Waals surface area contributed by atoms with E-state index in [1.807, 2.05) is 13.1 Å². The summed E-state index contributed by atoms with van der Waals surface area (Å²) >= 11 is 0. The lowest BCUT2D eigenvalue weighted by atomic mass is 10.6. The van der Waals surface area contributed by atoms with Crippen LogP contribution in [0.2, 0.25) is 0 Å². The maximum absolute atomic E-state index is 3.19. The van der Waals surface area contributed by atoms with Gasteiger partial charge in [0.05, 0.1) is 0 Å². The Morgan fingerprint density at radius 1 is 0.889 bits per heavy atom. The highest BCUT2D eigenvalue weighted by Gasteiger charge is 1.92. The summed E-state index contributed by atoms with van der Waals surface area (Å²) < 4.78 is 0. The topological polar surface area (TPSA) is 36.1 Å². The Morgan fingerprint density at radius 2 is 1.44 bits per heavy atom. The minimum absolute atomic E-state index is 0.943. The van der Waals surface area contributed by atoms with Gasteiger partial charge in [-0.2, -0.15) is 0 Å². The average molecular weight is 127 g/mol. The first-order chi connectivity index (χ1) is 4.50. The predicted molar refractivity (Wildman–Crippen MR) is 37.5 cm³/mol. The Balaban J connectivity index is 2.02. The fourth-order valence-electron chi connectivity index (χ4n) is 0.720. The molecule has 1 heterocycles. The summed E-state index contributed by atoms with van der Waals surface area (Å²) in [6, 6.07) is 0. The van der Waals surface area contributed by atoms with Crippen LogP contribution in [0.4, 0.5) is 0 Å².